The van der Waals surface area contributed by atoms with E-state index in [-0.39, 0.29) is 18.3 Å². The molecule has 1 N–H and O–H groups in total. The number of hydrogen-bond donors (Lipinski definition) is 1. The molecule has 0 radical (unpaired) electrons. The summed E-state index contributed by atoms with van der Waals surface area (Å²) < 4.78 is 14.4. The van der Waals surface area contributed by atoms with Crippen molar-refractivity contribution in [3.05, 3.63) is 68.8 Å². The Balaban J connectivity index is 1.83. The van der Waals surface area contributed by atoms with Crippen molar-refractivity contribution < 1.29 is 9.18 Å². The standard InChI is InChI=1S/C16H10Cl2FNOS/c17-10-5-6-11-13(7-10)22-15(14(11)18)16(21)20-8-9-3-1-2-4-12(9)19/h1-7H,8H2,(H,20,21). The summed E-state index contributed by atoms with van der Waals surface area (Å²) in [5.41, 5.74) is 0.427. The predicted octanol–water partition coefficient (Wildman–Crippen LogP) is 5.28. The zero-order chi connectivity index (χ0) is 15.7. The molecule has 0 bridgehead atoms. The third kappa shape index (κ3) is 2.95. The molecule has 1 heterocycles. The Morgan fingerprint density at radius 1 is 1.18 bits per heavy atom. The average Bonchev–Trinajstić information content (AvgIpc) is 2.82. The van der Waals surface area contributed by atoms with Crippen LogP contribution in [0.25, 0.3) is 10.1 Å². The summed E-state index contributed by atoms with van der Waals surface area (Å²) >= 11 is 13.5. The fourth-order valence-corrected chi connectivity index (χ4v) is 3.79. The minimum atomic E-state index is -0.350. The van der Waals surface area contributed by atoms with Crippen LogP contribution >= 0.6 is 34.5 Å². The molecule has 1 aromatic heterocycles. The Hall–Kier alpha value is -1.62. The van der Waals surface area contributed by atoms with Crippen LogP contribution in [0.2, 0.25) is 10.0 Å². The zero-order valence-electron chi connectivity index (χ0n) is 11.2. The summed E-state index contributed by atoms with van der Waals surface area (Å²) in [6.07, 6.45) is 0. The second kappa shape index (κ2) is 6.24. The number of rotatable bonds is 3. The molecular formula is C16H10Cl2FNOS. The minimum absolute atomic E-state index is 0.108. The number of hydrogen-bond acceptors (Lipinski definition) is 2. The summed E-state index contributed by atoms with van der Waals surface area (Å²) in [4.78, 5) is 12.7. The van der Waals surface area contributed by atoms with E-state index < -0.39 is 0 Å². The zero-order valence-corrected chi connectivity index (χ0v) is 13.5. The number of fused-ring (bicyclic) bond motifs is 1. The molecular weight excluding hydrogens is 344 g/mol. The van der Waals surface area contributed by atoms with E-state index in [1.807, 2.05) is 0 Å². The van der Waals surface area contributed by atoms with Gasteiger partial charge in [0.25, 0.3) is 5.91 Å². The molecule has 0 aliphatic carbocycles. The van der Waals surface area contributed by atoms with Crippen molar-refractivity contribution in [2.24, 2.45) is 0 Å². The lowest BCUT2D eigenvalue weighted by Crippen LogP contribution is -2.22. The molecule has 112 valence electrons. The van der Waals surface area contributed by atoms with Crippen LogP contribution in [0.1, 0.15) is 15.2 Å². The number of thiophene rings is 1. The fourth-order valence-electron chi connectivity index (χ4n) is 2.08. The predicted molar refractivity (Wildman–Crippen MR) is 89.4 cm³/mol. The van der Waals surface area contributed by atoms with Gasteiger partial charge in [-0.05, 0) is 18.2 Å². The first kappa shape index (κ1) is 15.3. The maximum atomic E-state index is 13.5. The number of carbonyl (C=O) groups excluding carboxylic acids is 1. The molecule has 3 aromatic rings. The highest BCUT2D eigenvalue weighted by Gasteiger charge is 2.17. The Kier molecular flexibility index (Phi) is 4.34. The minimum Gasteiger partial charge on any atom is -0.347 e. The largest absolute Gasteiger partial charge is 0.347 e. The van der Waals surface area contributed by atoms with Crippen LogP contribution in [0, 0.1) is 5.82 Å². The second-order valence-electron chi connectivity index (χ2n) is 4.66. The molecule has 0 fully saturated rings. The molecule has 1 amide bonds. The van der Waals surface area contributed by atoms with Gasteiger partial charge in [-0.25, -0.2) is 4.39 Å². The Bertz CT molecular complexity index is 862. The van der Waals surface area contributed by atoms with E-state index in [0.717, 1.165) is 10.1 Å². The van der Waals surface area contributed by atoms with Gasteiger partial charge in [-0.15, -0.1) is 11.3 Å². The second-order valence-corrected chi connectivity index (χ2v) is 6.53. The summed E-state index contributed by atoms with van der Waals surface area (Å²) in [7, 11) is 0. The van der Waals surface area contributed by atoms with Crippen LogP contribution in [-0.2, 0) is 6.54 Å². The van der Waals surface area contributed by atoms with Gasteiger partial charge < -0.3 is 5.32 Å². The molecule has 0 atom stereocenters. The maximum Gasteiger partial charge on any atom is 0.263 e. The smallest absolute Gasteiger partial charge is 0.263 e. The van der Waals surface area contributed by atoms with Crippen LogP contribution in [0.5, 0.6) is 0 Å². The molecule has 0 spiro atoms. The highest BCUT2D eigenvalue weighted by atomic mass is 35.5. The number of halogens is 3. The van der Waals surface area contributed by atoms with Crippen molar-refractivity contribution in [1.29, 1.82) is 0 Å². The summed E-state index contributed by atoms with van der Waals surface area (Å²) in [5.74, 6) is -0.678. The van der Waals surface area contributed by atoms with Crippen molar-refractivity contribution in [2.45, 2.75) is 6.54 Å². The van der Waals surface area contributed by atoms with E-state index in [0.29, 0.717) is 20.5 Å². The molecule has 0 saturated carbocycles. The van der Waals surface area contributed by atoms with Crippen LogP contribution in [0.15, 0.2) is 42.5 Å². The molecule has 0 aliphatic heterocycles. The van der Waals surface area contributed by atoms with Gasteiger partial charge in [-0.3, -0.25) is 4.79 Å². The highest BCUT2D eigenvalue weighted by Crippen LogP contribution is 2.36. The van der Waals surface area contributed by atoms with E-state index in [2.05, 4.69) is 5.32 Å². The van der Waals surface area contributed by atoms with Gasteiger partial charge in [0.2, 0.25) is 0 Å². The third-order valence-electron chi connectivity index (χ3n) is 3.19. The normalized spacial score (nSPS) is 10.9. The van der Waals surface area contributed by atoms with Gasteiger partial charge in [-0.1, -0.05) is 47.5 Å². The van der Waals surface area contributed by atoms with Gasteiger partial charge in [0.15, 0.2) is 0 Å². The van der Waals surface area contributed by atoms with Crippen LogP contribution in [-0.4, -0.2) is 5.91 Å². The summed E-state index contributed by atoms with van der Waals surface area (Å²) in [6, 6.07) is 11.6. The molecule has 0 aliphatic rings. The summed E-state index contributed by atoms with van der Waals surface area (Å²) in [6.45, 7) is 0.108. The summed E-state index contributed by atoms with van der Waals surface area (Å²) in [5, 5.41) is 4.45. The van der Waals surface area contributed by atoms with Gasteiger partial charge in [0.1, 0.15) is 10.7 Å². The van der Waals surface area contributed by atoms with Gasteiger partial charge in [-0.2, -0.15) is 0 Å². The lowest BCUT2D eigenvalue weighted by atomic mass is 10.2. The number of carbonyl (C=O) groups is 1. The lowest BCUT2D eigenvalue weighted by molar-refractivity contribution is 0.0955. The molecule has 0 saturated heterocycles. The van der Waals surface area contributed by atoms with Crippen LogP contribution < -0.4 is 5.32 Å². The maximum absolute atomic E-state index is 13.5. The van der Waals surface area contributed by atoms with Gasteiger partial charge in [0, 0.05) is 27.2 Å². The average molecular weight is 354 g/mol. The van der Waals surface area contributed by atoms with Gasteiger partial charge >= 0.3 is 0 Å². The Morgan fingerprint density at radius 3 is 2.73 bits per heavy atom. The number of nitrogens with one attached hydrogen (secondary N) is 1. The third-order valence-corrected chi connectivity index (χ3v) is 5.09. The van der Waals surface area contributed by atoms with E-state index >= 15 is 0 Å². The quantitative estimate of drug-likeness (QED) is 0.681. The Morgan fingerprint density at radius 2 is 1.95 bits per heavy atom. The monoisotopic (exact) mass is 353 g/mol. The highest BCUT2D eigenvalue weighted by molar-refractivity contribution is 7.21. The van der Waals surface area contributed by atoms with Gasteiger partial charge in [0.05, 0.1) is 5.02 Å². The lowest BCUT2D eigenvalue weighted by Gasteiger charge is -2.05. The van der Waals surface area contributed by atoms with Crippen LogP contribution in [0.4, 0.5) is 4.39 Å². The molecule has 0 unspecified atom stereocenters. The van der Waals surface area contributed by atoms with E-state index in [1.54, 1.807) is 36.4 Å². The van der Waals surface area contributed by atoms with E-state index in [4.69, 9.17) is 23.2 Å². The van der Waals surface area contributed by atoms with Crippen molar-refractivity contribution in [1.82, 2.24) is 5.32 Å². The van der Waals surface area contributed by atoms with E-state index in [9.17, 15) is 9.18 Å². The van der Waals surface area contributed by atoms with Crippen LogP contribution in [0.3, 0.4) is 0 Å². The number of amides is 1. The molecule has 22 heavy (non-hydrogen) atoms. The van der Waals surface area contributed by atoms with Crippen molar-refractivity contribution in [3.8, 4) is 0 Å². The first-order chi connectivity index (χ1) is 10.6. The molecule has 2 aromatic carbocycles. The first-order valence-corrected chi connectivity index (χ1v) is 8.02. The fraction of sp³-hybridized carbons (Fsp3) is 0.0625. The van der Waals surface area contributed by atoms with Crippen molar-refractivity contribution in [2.75, 3.05) is 0 Å². The number of benzene rings is 2. The van der Waals surface area contributed by atoms with E-state index in [1.165, 1.54) is 17.4 Å². The molecule has 2 nitrogen and oxygen atoms in total. The Labute approximate surface area is 140 Å². The van der Waals surface area contributed by atoms with Crippen molar-refractivity contribution in [3.63, 3.8) is 0 Å². The molecule has 3 rings (SSSR count). The first-order valence-electron chi connectivity index (χ1n) is 6.45. The topological polar surface area (TPSA) is 29.1 Å². The molecule has 6 heteroatoms. The SMILES string of the molecule is O=C(NCc1ccccc1F)c1sc2cc(Cl)ccc2c1Cl. The van der Waals surface area contributed by atoms with Crippen molar-refractivity contribution >= 4 is 50.5 Å².